The molecular weight excluding hydrogens is 293 g/mol. The van der Waals surface area contributed by atoms with Crippen molar-refractivity contribution in [2.24, 2.45) is 0 Å². The van der Waals surface area contributed by atoms with Crippen LogP contribution in [0.3, 0.4) is 0 Å². The Morgan fingerprint density at radius 2 is 1.83 bits per heavy atom. The monoisotopic (exact) mass is 315 g/mol. The molecule has 0 aliphatic rings. The van der Waals surface area contributed by atoms with Gasteiger partial charge in [0.25, 0.3) is 0 Å². The Balaban J connectivity index is 1.66. The number of ether oxygens (including phenoxy) is 1. The molecular formula is C19H22FNO2. The van der Waals surface area contributed by atoms with E-state index in [1.165, 1.54) is 12.1 Å². The van der Waals surface area contributed by atoms with Gasteiger partial charge in [-0.15, -0.1) is 0 Å². The maximum absolute atomic E-state index is 12.8. The summed E-state index contributed by atoms with van der Waals surface area (Å²) in [7, 11) is 1.65. The zero-order valence-electron chi connectivity index (χ0n) is 13.3. The lowest BCUT2D eigenvalue weighted by atomic mass is 10.1. The minimum absolute atomic E-state index is 0.0435. The molecule has 3 nitrogen and oxygen atoms in total. The standard InChI is InChI=1S/C19H22FNO2/c1-23-18-7-3-2-6-16(18)13-14-21-19(22)8-4-5-15-9-11-17(20)12-10-15/h2-3,6-7,9-12H,4-5,8,13-14H2,1H3,(H,21,22). The van der Waals surface area contributed by atoms with Crippen LogP contribution in [0.1, 0.15) is 24.0 Å². The molecule has 0 bridgehead atoms. The Morgan fingerprint density at radius 3 is 2.57 bits per heavy atom. The maximum Gasteiger partial charge on any atom is 0.220 e. The van der Waals surface area contributed by atoms with Crippen LogP contribution in [0.25, 0.3) is 0 Å². The Morgan fingerprint density at radius 1 is 1.09 bits per heavy atom. The number of methoxy groups -OCH3 is 1. The molecule has 23 heavy (non-hydrogen) atoms. The van der Waals surface area contributed by atoms with Crippen LogP contribution in [0, 0.1) is 5.82 Å². The predicted octanol–water partition coefficient (Wildman–Crippen LogP) is 3.52. The second kappa shape index (κ2) is 8.93. The SMILES string of the molecule is COc1ccccc1CCNC(=O)CCCc1ccc(F)cc1. The molecule has 1 amide bonds. The van der Waals surface area contributed by atoms with E-state index in [-0.39, 0.29) is 11.7 Å². The van der Waals surface area contributed by atoms with Crippen LogP contribution in [0.5, 0.6) is 5.75 Å². The molecule has 0 atom stereocenters. The number of halogens is 1. The van der Waals surface area contributed by atoms with Gasteiger partial charge in [-0.2, -0.15) is 0 Å². The van der Waals surface area contributed by atoms with Gasteiger partial charge >= 0.3 is 0 Å². The summed E-state index contributed by atoms with van der Waals surface area (Å²) in [4.78, 5) is 11.8. The summed E-state index contributed by atoms with van der Waals surface area (Å²) in [5, 5.41) is 2.92. The minimum atomic E-state index is -0.233. The second-order valence-electron chi connectivity index (χ2n) is 5.39. The summed E-state index contributed by atoms with van der Waals surface area (Å²) in [6.45, 7) is 0.593. The van der Waals surface area contributed by atoms with Crippen LogP contribution in [-0.2, 0) is 17.6 Å². The predicted molar refractivity (Wildman–Crippen MR) is 89.0 cm³/mol. The van der Waals surface area contributed by atoms with E-state index < -0.39 is 0 Å². The highest BCUT2D eigenvalue weighted by atomic mass is 19.1. The molecule has 0 fully saturated rings. The van der Waals surface area contributed by atoms with E-state index in [1.54, 1.807) is 19.2 Å². The van der Waals surface area contributed by atoms with Crippen molar-refractivity contribution < 1.29 is 13.9 Å². The molecule has 0 saturated heterocycles. The largest absolute Gasteiger partial charge is 0.496 e. The summed E-state index contributed by atoms with van der Waals surface area (Å²) in [6.07, 6.45) is 2.75. The van der Waals surface area contributed by atoms with Crippen molar-refractivity contribution in [1.29, 1.82) is 0 Å². The third kappa shape index (κ3) is 5.74. The highest BCUT2D eigenvalue weighted by Gasteiger charge is 2.04. The van der Waals surface area contributed by atoms with Crippen LogP contribution < -0.4 is 10.1 Å². The van der Waals surface area contributed by atoms with Crippen molar-refractivity contribution >= 4 is 5.91 Å². The number of carbonyl (C=O) groups excluding carboxylic acids is 1. The van der Waals surface area contributed by atoms with E-state index in [4.69, 9.17) is 4.74 Å². The van der Waals surface area contributed by atoms with Crippen LogP contribution in [0.2, 0.25) is 0 Å². The number of benzene rings is 2. The van der Waals surface area contributed by atoms with Crippen molar-refractivity contribution in [3.63, 3.8) is 0 Å². The molecule has 0 aromatic heterocycles. The molecule has 0 unspecified atom stereocenters. The first-order chi connectivity index (χ1) is 11.2. The molecule has 2 aromatic rings. The molecule has 1 N–H and O–H groups in total. The Kier molecular flexibility index (Phi) is 6.60. The van der Waals surface area contributed by atoms with E-state index in [1.807, 2.05) is 24.3 Å². The van der Waals surface area contributed by atoms with Crippen molar-refractivity contribution in [2.45, 2.75) is 25.7 Å². The van der Waals surface area contributed by atoms with E-state index in [0.717, 1.165) is 36.1 Å². The fourth-order valence-electron chi connectivity index (χ4n) is 2.44. The molecule has 4 heteroatoms. The molecule has 0 aliphatic heterocycles. The fourth-order valence-corrected chi connectivity index (χ4v) is 2.44. The molecule has 0 saturated carbocycles. The molecule has 2 rings (SSSR count). The molecule has 0 aliphatic carbocycles. The number of amides is 1. The fraction of sp³-hybridized carbons (Fsp3) is 0.316. The van der Waals surface area contributed by atoms with Crippen LogP contribution >= 0.6 is 0 Å². The van der Waals surface area contributed by atoms with Gasteiger partial charge in [-0.3, -0.25) is 4.79 Å². The number of carbonyl (C=O) groups is 1. The zero-order valence-corrected chi connectivity index (χ0v) is 13.3. The van der Waals surface area contributed by atoms with Crippen molar-refractivity contribution in [2.75, 3.05) is 13.7 Å². The zero-order chi connectivity index (χ0) is 16.5. The van der Waals surface area contributed by atoms with E-state index >= 15 is 0 Å². The number of rotatable bonds is 8. The van der Waals surface area contributed by atoms with Gasteiger partial charge in [-0.05, 0) is 48.6 Å². The van der Waals surface area contributed by atoms with Gasteiger partial charge in [-0.25, -0.2) is 4.39 Å². The number of para-hydroxylation sites is 1. The van der Waals surface area contributed by atoms with Crippen molar-refractivity contribution in [3.05, 3.63) is 65.5 Å². The van der Waals surface area contributed by atoms with Gasteiger partial charge < -0.3 is 10.1 Å². The van der Waals surface area contributed by atoms with Crippen LogP contribution in [0.15, 0.2) is 48.5 Å². The van der Waals surface area contributed by atoms with Gasteiger partial charge in [-0.1, -0.05) is 30.3 Å². The number of nitrogens with one attached hydrogen (secondary N) is 1. The van der Waals surface area contributed by atoms with Gasteiger partial charge in [0, 0.05) is 13.0 Å². The molecule has 0 heterocycles. The Labute approximate surface area is 136 Å². The minimum Gasteiger partial charge on any atom is -0.496 e. The van der Waals surface area contributed by atoms with Gasteiger partial charge in [0.1, 0.15) is 11.6 Å². The van der Waals surface area contributed by atoms with E-state index in [9.17, 15) is 9.18 Å². The molecule has 2 aromatic carbocycles. The van der Waals surface area contributed by atoms with Crippen LogP contribution in [-0.4, -0.2) is 19.6 Å². The Bertz CT molecular complexity index is 626. The smallest absolute Gasteiger partial charge is 0.220 e. The third-order valence-electron chi connectivity index (χ3n) is 3.69. The number of aryl methyl sites for hydroxylation is 1. The lowest BCUT2D eigenvalue weighted by molar-refractivity contribution is -0.121. The second-order valence-corrected chi connectivity index (χ2v) is 5.39. The lowest BCUT2D eigenvalue weighted by Crippen LogP contribution is -2.25. The first-order valence-corrected chi connectivity index (χ1v) is 7.82. The average molecular weight is 315 g/mol. The summed E-state index contributed by atoms with van der Waals surface area (Å²) in [5.74, 6) is 0.655. The highest BCUT2D eigenvalue weighted by Crippen LogP contribution is 2.17. The first-order valence-electron chi connectivity index (χ1n) is 7.82. The molecule has 0 spiro atoms. The van der Waals surface area contributed by atoms with Gasteiger partial charge in [0.05, 0.1) is 7.11 Å². The van der Waals surface area contributed by atoms with Crippen LogP contribution in [0.4, 0.5) is 4.39 Å². The first kappa shape index (κ1) is 17.0. The summed E-state index contributed by atoms with van der Waals surface area (Å²) in [6, 6.07) is 14.2. The molecule has 0 radical (unpaired) electrons. The average Bonchev–Trinajstić information content (AvgIpc) is 2.57. The lowest BCUT2D eigenvalue weighted by Gasteiger charge is -2.09. The normalized spacial score (nSPS) is 10.3. The number of hydrogen-bond acceptors (Lipinski definition) is 2. The van der Waals surface area contributed by atoms with Gasteiger partial charge in [0.2, 0.25) is 5.91 Å². The topological polar surface area (TPSA) is 38.3 Å². The summed E-state index contributed by atoms with van der Waals surface area (Å²) in [5.41, 5.74) is 2.13. The van der Waals surface area contributed by atoms with Crippen molar-refractivity contribution in [1.82, 2.24) is 5.32 Å². The van der Waals surface area contributed by atoms with Crippen molar-refractivity contribution in [3.8, 4) is 5.75 Å². The number of hydrogen-bond donors (Lipinski definition) is 1. The van der Waals surface area contributed by atoms with E-state index in [2.05, 4.69) is 5.32 Å². The quantitative estimate of drug-likeness (QED) is 0.809. The maximum atomic E-state index is 12.8. The third-order valence-corrected chi connectivity index (χ3v) is 3.69. The summed E-state index contributed by atoms with van der Waals surface area (Å²) < 4.78 is 18.1. The highest BCUT2D eigenvalue weighted by molar-refractivity contribution is 5.75. The Hall–Kier alpha value is -2.36. The van der Waals surface area contributed by atoms with Gasteiger partial charge in [0.15, 0.2) is 0 Å². The van der Waals surface area contributed by atoms with E-state index in [0.29, 0.717) is 13.0 Å². The molecule has 122 valence electrons. The summed E-state index contributed by atoms with van der Waals surface area (Å²) >= 11 is 0.